The number of hydrogen-bond donors (Lipinski definition) is 2. The Kier molecular flexibility index (Phi) is 6.78. The number of rotatable bonds is 8. The second-order valence-corrected chi connectivity index (χ2v) is 8.35. The zero-order chi connectivity index (χ0) is 23.2. The van der Waals surface area contributed by atoms with E-state index >= 15 is 0 Å². The van der Waals surface area contributed by atoms with Crippen LogP contribution in [0.15, 0.2) is 72.4 Å². The Morgan fingerprint density at radius 2 is 2.03 bits per heavy atom. The van der Waals surface area contributed by atoms with Crippen molar-refractivity contribution >= 4 is 22.8 Å². The van der Waals surface area contributed by atoms with Crippen LogP contribution >= 0.6 is 0 Å². The number of H-pyrrole nitrogens is 1. The summed E-state index contributed by atoms with van der Waals surface area (Å²) in [5.74, 6) is 0. The molecule has 4 heterocycles. The summed E-state index contributed by atoms with van der Waals surface area (Å²) in [4.78, 5) is 14.8. The first-order valence-corrected chi connectivity index (χ1v) is 11.6. The zero-order valence-electron chi connectivity index (χ0n) is 19.1. The lowest BCUT2D eigenvalue weighted by atomic mass is 10.1. The SMILES string of the molecule is NC=C(C=NCCN1CCOCC1)c1cnc2[nH]cc(-c3cnn(Cc4ccccc4)c3)c2c1. The number of allylic oxidation sites excluding steroid dienone is 1. The van der Waals surface area contributed by atoms with E-state index in [4.69, 9.17) is 10.5 Å². The first-order chi connectivity index (χ1) is 16.8. The molecule has 1 saturated heterocycles. The van der Waals surface area contributed by atoms with E-state index in [1.807, 2.05) is 47.7 Å². The van der Waals surface area contributed by atoms with Crippen molar-refractivity contribution < 1.29 is 4.74 Å². The van der Waals surface area contributed by atoms with Gasteiger partial charge in [0.05, 0.1) is 32.5 Å². The molecule has 1 aliphatic heterocycles. The number of hydrogen-bond acceptors (Lipinski definition) is 6. The van der Waals surface area contributed by atoms with E-state index in [2.05, 4.69) is 49.4 Å². The van der Waals surface area contributed by atoms with Gasteiger partial charge in [0.1, 0.15) is 5.65 Å². The average molecular weight is 456 g/mol. The van der Waals surface area contributed by atoms with Crippen LogP contribution in [0.2, 0.25) is 0 Å². The molecule has 0 unspecified atom stereocenters. The Labute approximate surface area is 198 Å². The number of aromatic amines is 1. The molecule has 8 nitrogen and oxygen atoms in total. The van der Waals surface area contributed by atoms with Crippen LogP contribution in [0, 0.1) is 0 Å². The molecule has 8 heteroatoms. The van der Waals surface area contributed by atoms with E-state index in [0.29, 0.717) is 0 Å². The predicted octanol–water partition coefficient (Wildman–Crippen LogP) is 3.18. The van der Waals surface area contributed by atoms with Gasteiger partial charge in [0.25, 0.3) is 0 Å². The molecule has 174 valence electrons. The first kappa shape index (κ1) is 22.1. The number of ether oxygens (including phenoxy) is 1. The fraction of sp³-hybridized carbons (Fsp3) is 0.269. The number of pyridine rings is 1. The lowest BCUT2D eigenvalue weighted by Crippen LogP contribution is -2.37. The molecule has 1 fully saturated rings. The summed E-state index contributed by atoms with van der Waals surface area (Å²) in [6, 6.07) is 12.4. The van der Waals surface area contributed by atoms with Crippen molar-refractivity contribution in [2.45, 2.75) is 6.54 Å². The molecule has 0 aliphatic carbocycles. The van der Waals surface area contributed by atoms with Crippen molar-refractivity contribution in [2.24, 2.45) is 10.7 Å². The summed E-state index contributed by atoms with van der Waals surface area (Å²) in [7, 11) is 0. The molecule has 3 N–H and O–H groups in total. The predicted molar refractivity (Wildman–Crippen MR) is 136 cm³/mol. The number of nitrogens with zero attached hydrogens (tertiary/aromatic N) is 5. The third kappa shape index (κ3) is 5.08. The Morgan fingerprint density at radius 3 is 2.85 bits per heavy atom. The van der Waals surface area contributed by atoms with Gasteiger partial charge in [-0.3, -0.25) is 14.6 Å². The third-order valence-electron chi connectivity index (χ3n) is 6.06. The molecule has 0 saturated carbocycles. The lowest BCUT2D eigenvalue weighted by Gasteiger charge is -2.25. The van der Waals surface area contributed by atoms with Gasteiger partial charge in [-0.05, 0) is 11.6 Å². The number of nitrogens with one attached hydrogen (secondary N) is 1. The van der Waals surface area contributed by atoms with Gasteiger partial charge in [-0.2, -0.15) is 5.10 Å². The van der Waals surface area contributed by atoms with Gasteiger partial charge in [-0.1, -0.05) is 30.3 Å². The quantitative estimate of drug-likeness (QED) is 0.398. The topological polar surface area (TPSA) is 97.3 Å². The van der Waals surface area contributed by atoms with Crippen LogP contribution in [0.3, 0.4) is 0 Å². The highest BCUT2D eigenvalue weighted by atomic mass is 16.5. The van der Waals surface area contributed by atoms with E-state index in [0.717, 1.165) is 79.2 Å². The summed E-state index contributed by atoms with van der Waals surface area (Å²) in [5, 5.41) is 5.58. The lowest BCUT2D eigenvalue weighted by molar-refractivity contribution is 0.0395. The van der Waals surface area contributed by atoms with Crippen LogP contribution in [0.1, 0.15) is 11.1 Å². The Hall–Kier alpha value is -3.75. The molecule has 34 heavy (non-hydrogen) atoms. The van der Waals surface area contributed by atoms with Gasteiger partial charge in [-0.15, -0.1) is 0 Å². The highest BCUT2D eigenvalue weighted by Crippen LogP contribution is 2.29. The van der Waals surface area contributed by atoms with Gasteiger partial charge < -0.3 is 15.5 Å². The maximum Gasteiger partial charge on any atom is 0.137 e. The molecule has 0 radical (unpaired) electrons. The summed E-state index contributed by atoms with van der Waals surface area (Å²) in [6.45, 7) is 5.91. The van der Waals surface area contributed by atoms with Gasteiger partial charge in [0.15, 0.2) is 0 Å². The molecule has 1 aromatic carbocycles. The summed E-state index contributed by atoms with van der Waals surface area (Å²) in [5.41, 5.74) is 11.9. The van der Waals surface area contributed by atoms with Crippen molar-refractivity contribution in [1.82, 2.24) is 24.6 Å². The van der Waals surface area contributed by atoms with Gasteiger partial charge in [0, 0.05) is 78.3 Å². The fourth-order valence-electron chi connectivity index (χ4n) is 4.16. The number of morpholine rings is 1. The van der Waals surface area contributed by atoms with Crippen molar-refractivity contribution in [3.8, 4) is 11.1 Å². The Morgan fingerprint density at radius 1 is 1.18 bits per heavy atom. The molecule has 3 aromatic heterocycles. The second kappa shape index (κ2) is 10.5. The number of benzene rings is 1. The van der Waals surface area contributed by atoms with Crippen LogP contribution in [0.25, 0.3) is 27.7 Å². The molecule has 4 aromatic rings. The van der Waals surface area contributed by atoms with E-state index in [1.54, 1.807) is 6.20 Å². The maximum absolute atomic E-state index is 5.95. The maximum atomic E-state index is 5.95. The summed E-state index contributed by atoms with van der Waals surface area (Å²) >= 11 is 0. The largest absolute Gasteiger partial charge is 0.404 e. The van der Waals surface area contributed by atoms with Gasteiger partial charge in [0.2, 0.25) is 0 Å². The molecular weight excluding hydrogens is 426 g/mol. The minimum Gasteiger partial charge on any atom is -0.404 e. The van der Waals surface area contributed by atoms with Gasteiger partial charge in [-0.25, -0.2) is 4.98 Å². The molecule has 0 spiro atoms. The zero-order valence-corrected chi connectivity index (χ0v) is 19.1. The summed E-state index contributed by atoms with van der Waals surface area (Å²) < 4.78 is 7.35. The van der Waals surface area contributed by atoms with Gasteiger partial charge >= 0.3 is 0 Å². The molecule has 0 bridgehead atoms. The number of aliphatic imine (C=N–C) groups is 1. The molecule has 1 aliphatic rings. The first-order valence-electron chi connectivity index (χ1n) is 11.6. The molecule has 0 atom stereocenters. The number of aromatic nitrogens is 4. The monoisotopic (exact) mass is 455 g/mol. The number of nitrogens with two attached hydrogens (primary N) is 1. The Balaban J connectivity index is 1.32. The van der Waals surface area contributed by atoms with Crippen molar-refractivity contribution in [1.29, 1.82) is 0 Å². The Bertz CT molecular complexity index is 1280. The van der Waals surface area contributed by atoms with Crippen molar-refractivity contribution in [3.05, 3.63) is 78.5 Å². The summed E-state index contributed by atoms with van der Waals surface area (Å²) in [6.07, 6.45) is 11.2. The van der Waals surface area contributed by atoms with E-state index in [-0.39, 0.29) is 0 Å². The highest BCUT2D eigenvalue weighted by Gasteiger charge is 2.12. The van der Waals surface area contributed by atoms with Crippen LogP contribution < -0.4 is 5.73 Å². The minimum absolute atomic E-state index is 0.725. The van der Waals surface area contributed by atoms with Crippen LogP contribution in [-0.2, 0) is 11.3 Å². The molecular formula is C26H29N7O. The second-order valence-electron chi connectivity index (χ2n) is 8.35. The molecule has 5 rings (SSSR count). The normalized spacial score (nSPS) is 15.5. The standard InChI is InChI=1S/C26H29N7O/c27-13-22(14-28-6-7-32-8-10-34-11-9-32)21-12-24-25(17-30-26(24)29-15-21)23-16-31-33(19-23)18-20-4-2-1-3-5-20/h1-5,12-17,19H,6-11,18,27H2,(H,29,30). The van der Waals surface area contributed by atoms with E-state index < -0.39 is 0 Å². The van der Waals surface area contributed by atoms with Crippen LogP contribution in [0.5, 0.6) is 0 Å². The van der Waals surface area contributed by atoms with Crippen molar-refractivity contribution in [2.75, 3.05) is 39.4 Å². The third-order valence-corrected chi connectivity index (χ3v) is 6.06. The average Bonchev–Trinajstić information content (AvgIpc) is 3.52. The number of fused-ring (bicyclic) bond motifs is 1. The van der Waals surface area contributed by atoms with Crippen molar-refractivity contribution in [3.63, 3.8) is 0 Å². The minimum atomic E-state index is 0.725. The van der Waals surface area contributed by atoms with Crippen LogP contribution in [0.4, 0.5) is 0 Å². The van der Waals surface area contributed by atoms with E-state index in [9.17, 15) is 0 Å². The smallest absolute Gasteiger partial charge is 0.137 e. The fourth-order valence-corrected chi connectivity index (χ4v) is 4.16. The highest BCUT2D eigenvalue weighted by molar-refractivity contribution is 6.10. The van der Waals surface area contributed by atoms with Crippen LogP contribution in [-0.4, -0.2) is 70.3 Å². The molecule has 0 amide bonds. The van der Waals surface area contributed by atoms with E-state index in [1.165, 1.54) is 5.56 Å².